The van der Waals surface area contributed by atoms with Crippen LogP contribution in [0.3, 0.4) is 0 Å². The van der Waals surface area contributed by atoms with Crippen LogP contribution in [0.25, 0.3) is 0 Å². The highest BCUT2D eigenvalue weighted by atomic mass is 16.5. The lowest BCUT2D eigenvalue weighted by atomic mass is 10.1. The first kappa shape index (κ1) is 25.0. The number of likely N-dealkylation sites (N-methyl/N-ethyl adjacent to an activating group) is 1. The summed E-state index contributed by atoms with van der Waals surface area (Å²) in [5, 5.41) is 19.6. The topological polar surface area (TPSA) is 125 Å². The third-order valence-electron chi connectivity index (χ3n) is 6.91. The van der Waals surface area contributed by atoms with Gasteiger partial charge in [0.05, 0.1) is 7.11 Å². The van der Waals surface area contributed by atoms with Crippen molar-refractivity contribution in [3.63, 3.8) is 0 Å². The number of ether oxygens (including phenoxy) is 1. The van der Waals surface area contributed by atoms with Crippen molar-refractivity contribution in [3.8, 4) is 5.75 Å². The summed E-state index contributed by atoms with van der Waals surface area (Å²) in [5.41, 5.74) is 0.635. The number of rotatable bonds is 10. The molecular formula is C25H37N7O3. The molecule has 0 radical (unpaired) electrons. The van der Waals surface area contributed by atoms with Crippen molar-refractivity contribution in [2.45, 2.75) is 70.4 Å². The van der Waals surface area contributed by atoms with Crippen molar-refractivity contribution in [3.05, 3.63) is 23.8 Å². The molecule has 1 aromatic heterocycles. The number of aromatic nitrogens is 3. The number of nitrogens with zero attached hydrogens (tertiary/aromatic N) is 4. The van der Waals surface area contributed by atoms with E-state index in [4.69, 9.17) is 4.74 Å². The second-order valence-corrected chi connectivity index (χ2v) is 9.29. The van der Waals surface area contributed by atoms with E-state index < -0.39 is 5.97 Å². The van der Waals surface area contributed by atoms with E-state index in [0.29, 0.717) is 41.4 Å². The molecule has 2 aromatic rings. The van der Waals surface area contributed by atoms with Crippen LogP contribution in [-0.2, 0) is 0 Å². The molecule has 2 heterocycles. The smallest absolute Gasteiger partial charge is 0.339 e. The summed E-state index contributed by atoms with van der Waals surface area (Å²) >= 11 is 0. The molecule has 4 N–H and O–H groups in total. The highest BCUT2D eigenvalue weighted by Gasteiger charge is 2.23. The van der Waals surface area contributed by atoms with Crippen LogP contribution in [0.15, 0.2) is 18.2 Å². The van der Waals surface area contributed by atoms with E-state index in [1.165, 1.54) is 45.3 Å². The zero-order valence-electron chi connectivity index (χ0n) is 20.7. The van der Waals surface area contributed by atoms with E-state index in [9.17, 15) is 9.90 Å². The minimum absolute atomic E-state index is 0.0719. The molecule has 0 amide bonds. The summed E-state index contributed by atoms with van der Waals surface area (Å²) in [6, 6.07) is 5.69. The quantitative estimate of drug-likeness (QED) is 0.362. The van der Waals surface area contributed by atoms with E-state index in [2.05, 4.69) is 42.7 Å². The molecule has 10 heteroatoms. The average Bonchev–Trinajstić information content (AvgIpc) is 3.17. The highest BCUT2D eigenvalue weighted by molar-refractivity contribution is 5.92. The zero-order chi connectivity index (χ0) is 24.6. The lowest BCUT2D eigenvalue weighted by Crippen LogP contribution is -2.35. The first-order valence-corrected chi connectivity index (χ1v) is 12.7. The fourth-order valence-electron chi connectivity index (χ4n) is 5.02. The van der Waals surface area contributed by atoms with Crippen molar-refractivity contribution < 1.29 is 14.6 Å². The Labute approximate surface area is 206 Å². The molecule has 190 valence electrons. The number of carbonyl (C=O) groups is 1. The maximum Gasteiger partial charge on any atom is 0.339 e. The summed E-state index contributed by atoms with van der Waals surface area (Å²) in [4.78, 5) is 28.0. The van der Waals surface area contributed by atoms with Gasteiger partial charge in [0.2, 0.25) is 17.8 Å². The third-order valence-corrected chi connectivity index (χ3v) is 6.91. The van der Waals surface area contributed by atoms with Gasteiger partial charge < -0.3 is 25.8 Å². The van der Waals surface area contributed by atoms with Crippen LogP contribution in [-0.4, -0.2) is 69.8 Å². The van der Waals surface area contributed by atoms with Crippen LogP contribution in [0.2, 0.25) is 0 Å². The average molecular weight is 484 g/mol. The van der Waals surface area contributed by atoms with Crippen molar-refractivity contribution in [2.24, 2.45) is 0 Å². The fourth-order valence-corrected chi connectivity index (χ4v) is 5.02. The summed E-state index contributed by atoms with van der Waals surface area (Å²) in [6.45, 7) is 5.13. The number of likely N-dealkylation sites (tertiary alicyclic amines) is 1. The minimum Gasteiger partial charge on any atom is -0.496 e. The second kappa shape index (κ2) is 12.0. The molecule has 1 aliphatic heterocycles. The molecule has 1 saturated carbocycles. The molecule has 0 spiro atoms. The van der Waals surface area contributed by atoms with Gasteiger partial charge in [0, 0.05) is 24.3 Å². The van der Waals surface area contributed by atoms with Crippen LogP contribution in [0.1, 0.15) is 68.6 Å². The van der Waals surface area contributed by atoms with Gasteiger partial charge in [0.15, 0.2) is 0 Å². The maximum atomic E-state index is 11.6. The van der Waals surface area contributed by atoms with Gasteiger partial charge in [0.1, 0.15) is 11.3 Å². The molecule has 2 fully saturated rings. The number of carboxylic acid groups (broad SMARTS) is 1. The number of carboxylic acids is 1. The van der Waals surface area contributed by atoms with Gasteiger partial charge in [0.25, 0.3) is 0 Å². The third kappa shape index (κ3) is 6.72. The first-order valence-electron chi connectivity index (χ1n) is 12.7. The van der Waals surface area contributed by atoms with Gasteiger partial charge in [-0.3, -0.25) is 4.90 Å². The number of anilines is 4. The van der Waals surface area contributed by atoms with Crippen LogP contribution in [0.4, 0.5) is 23.5 Å². The van der Waals surface area contributed by atoms with E-state index in [0.717, 1.165) is 38.9 Å². The number of benzene rings is 1. The largest absolute Gasteiger partial charge is 0.496 e. The number of methoxy groups -OCH3 is 1. The summed E-state index contributed by atoms with van der Waals surface area (Å²) < 4.78 is 5.17. The molecule has 0 bridgehead atoms. The van der Waals surface area contributed by atoms with Crippen LogP contribution >= 0.6 is 0 Å². The van der Waals surface area contributed by atoms with Gasteiger partial charge in [-0.1, -0.05) is 32.6 Å². The Morgan fingerprint density at radius 3 is 2.51 bits per heavy atom. The van der Waals surface area contributed by atoms with Crippen LogP contribution < -0.4 is 20.7 Å². The molecule has 1 aliphatic carbocycles. The van der Waals surface area contributed by atoms with E-state index in [1.807, 2.05) is 0 Å². The van der Waals surface area contributed by atoms with Crippen molar-refractivity contribution in [1.29, 1.82) is 0 Å². The zero-order valence-corrected chi connectivity index (χ0v) is 20.7. The predicted octanol–water partition coefficient (Wildman–Crippen LogP) is 4.35. The van der Waals surface area contributed by atoms with Crippen molar-refractivity contribution >= 4 is 29.5 Å². The second-order valence-electron chi connectivity index (χ2n) is 9.29. The standard InChI is InChI=1S/C25H37N7O3/c1-3-32-14-8-11-19(32)16-26-23-29-24(27-17-9-6-4-5-7-10-17)31-25(30-23)28-18-12-13-21(35-2)20(15-18)22(33)34/h12-13,15,17,19H,3-11,14,16H2,1-2H3,(H,33,34)(H3,26,27,28,29,30,31). The Morgan fingerprint density at radius 1 is 1.06 bits per heavy atom. The predicted molar refractivity (Wildman–Crippen MR) is 137 cm³/mol. The van der Waals surface area contributed by atoms with Gasteiger partial charge >= 0.3 is 5.97 Å². The Hall–Kier alpha value is -3.14. The van der Waals surface area contributed by atoms with Gasteiger partial charge in [-0.15, -0.1) is 0 Å². The maximum absolute atomic E-state index is 11.6. The van der Waals surface area contributed by atoms with Gasteiger partial charge in [-0.2, -0.15) is 15.0 Å². The Kier molecular flexibility index (Phi) is 8.57. The van der Waals surface area contributed by atoms with E-state index >= 15 is 0 Å². The van der Waals surface area contributed by atoms with Crippen molar-refractivity contribution in [1.82, 2.24) is 19.9 Å². The van der Waals surface area contributed by atoms with Crippen LogP contribution in [0, 0.1) is 0 Å². The lowest BCUT2D eigenvalue weighted by Gasteiger charge is -2.23. The Balaban J connectivity index is 1.55. The lowest BCUT2D eigenvalue weighted by molar-refractivity contribution is 0.0693. The van der Waals surface area contributed by atoms with Crippen molar-refractivity contribution in [2.75, 3.05) is 42.7 Å². The van der Waals surface area contributed by atoms with Gasteiger partial charge in [-0.05, 0) is 57.0 Å². The summed E-state index contributed by atoms with van der Waals surface area (Å²) in [5.74, 6) is 0.639. The molecule has 4 rings (SSSR count). The minimum atomic E-state index is -1.06. The molecule has 1 unspecified atom stereocenters. The Morgan fingerprint density at radius 2 is 1.80 bits per heavy atom. The molecule has 2 aliphatic rings. The molecule has 1 aromatic carbocycles. The molecular weight excluding hydrogens is 446 g/mol. The molecule has 1 atom stereocenters. The first-order chi connectivity index (χ1) is 17.1. The SMILES string of the molecule is CCN1CCCC1CNc1nc(Nc2ccc(OC)c(C(=O)O)c2)nc(NC2CCCCCC2)n1. The fraction of sp³-hybridized carbons (Fsp3) is 0.600. The van der Waals surface area contributed by atoms with Crippen LogP contribution in [0.5, 0.6) is 5.75 Å². The summed E-state index contributed by atoms with van der Waals surface area (Å²) in [7, 11) is 1.45. The van der Waals surface area contributed by atoms with E-state index in [-0.39, 0.29) is 5.56 Å². The number of nitrogens with one attached hydrogen (secondary N) is 3. The molecule has 10 nitrogen and oxygen atoms in total. The summed E-state index contributed by atoms with van der Waals surface area (Å²) in [6.07, 6.45) is 9.53. The van der Waals surface area contributed by atoms with E-state index in [1.54, 1.807) is 12.1 Å². The molecule has 1 saturated heterocycles. The highest BCUT2D eigenvalue weighted by Crippen LogP contribution is 2.26. The normalized spacial score (nSPS) is 19.2. The molecule has 35 heavy (non-hydrogen) atoms. The van der Waals surface area contributed by atoms with Gasteiger partial charge in [-0.25, -0.2) is 4.79 Å². The number of aromatic carboxylic acids is 1. The number of hydrogen-bond donors (Lipinski definition) is 4. The monoisotopic (exact) mass is 483 g/mol. The Bertz CT molecular complexity index is 995. The number of hydrogen-bond acceptors (Lipinski definition) is 9.